The summed E-state index contributed by atoms with van der Waals surface area (Å²) in [6, 6.07) is 0. The van der Waals surface area contributed by atoms with Crippen LogP contribution in [-0.4, -0.2) is 37.7 Å². The molecule has 0 fully saturated rings. The van der Waals surface area contributed by atoms with Crippen molar-refractivity contribution in [1.29, 1.82) is 0 Å². The van der Waals surface area contributed by atoms with Crippen molar-refractivity contribution in [3.63, 3.8) is 0 Å². The summed E-state index contributed by atoms with van der Waals surface area (Å²) in [5.74, 6) is -0.837. The van der Waals surface area contributed by atoms with Crippen molar-refractivity contribution in [3.8, 4) is 0 Å². The first-order valence-electron chi connectivity index (χ1n) is 4.76. The lowest BCUT2D eigenvalue weighted by atomic mass is 10.2. The molecular formula is C10H19ClNO4. The number of amides is 1. The van der Waals surface area contributed by atoms with Gasteiger partial charge < -0.3 is 9.47 Å². The average molecular weight is 253 g/mol. The molecule has 5 nitrogen and oxygen atoms in total. The monoisotopic (exact) mass is 252 g/mol. The Balaban J connectivity index is 0. The number of carbonyl (C=O) groups excluding carboxylic acids is 2. The van der Waals surface area contributed by atoms with Crippen molar-refractivity contribution < 1.29 is 19.1 Å². The highest BCUT2D eigenvalue weighted by Gasteiger charge is 2.17. The molecule has 0 aromatic rings. The van der Waals surface area contributed by atoms with Gasteiger partial charge in [0.05, 0.1) is 13.0 Å². The molecule has 6 heteroatoms. The van der Waals surface area contributed by atoms with Gasteiger partial charge in [0.25, 0.3) is 0 Å². The van der Waals surface area contributed by atoms with E-state index in [2.05, 4.69) is 5.32 Å². The van der Waals surface area contributed by atoms with Crippen molar-refractivity contribution in [2.45, 2.75) is 32.8 Å². The molecule has 0 rings (SSSR count). The summed E-state index contributed by atoms with van der Waals surface area (Å²) in [6.07, 6.45) is 0.194. The molecule has 1 amide bonds. The lowest BCUT2D eigenvalue weighted by Crippen LogP contribution is -2.31. The highest BCUT2D eigenvalue weighted by atomic mass is 35.5. The Kier molecular flexibility index (Phi) is 9.18. The molecule has 16 heavy (non-hydrogen) atoms. The smallest absolute Gasteiger partial charge is 0.328 e. The predicted molar refractivity (Wildman–Crippen MR) is 61.6 cm³/mol. The van der Waals surface area contributed by atoms with Crippen molar-refractivity contribution in [3.05, 3.63) is 0 Å². The summed E-state index contributed by atoms with van der Waals surface area (Å²) >= 11 is 0. The van der Waals surface area contributed by atoms with Crippen molar-refractivity contribution in [2.75, 3.05) is 20.3 Å². The van der Waals surface area contributed by atoms with Crippen LogP contribution in [0, 0.1) is 0 Å². The van der Waals surface area contributed by atoms with E-state index in [1.807, 2.05) is 0 Å². The van der Waals surface area contributed by atoms with E-state index in [9.17, 15) is 9.59 Å². The molecule has 0 unspecified atom stereocenters. The molecule has 0 aliphatic heterocycles. The maximum atomic E-state index is 11.1. The number of esters is 1. The van der Waals surface area contributed by atoms with Gasteiger partial charge in [-0.15, -0.1) is 12.4 Å². The third-order valence-corrected chi connectivity index (χ3v) is 1.32. The van der Waals surface area contributed by atoms with E-state index >= 15 is 0 Å². The van der Waals surface area contributed by atoms with Gasteiger partial charge in [0.1, 0.15) is 12.1 Å². The highest BCUT2D eigenvalue weighted by Crippen LogP contribution is 2.06. The molecule has 0 bridgehead atoms. The maximum Gasteiger partial charge on any atom is 0.328 e. The summed E-state index contributed by atoms with van der Waals surface area (Å²) in [4.78, 5) is 22.2. The first-order chi connectivity index (χ1) is 6.85. The van der Waals surface area contributed by atoms with Crippen LogP contribution < -0.4 is 5.32 Å². The fourth-order valence-electron chi connectivity index (χ4n) is 0.795. The zero-order valence-corrected chi connectivity index (χ0v) is 10.9. The summed E-state index contributed by atoms with van der Waals surface area (Å²) < 4.78 is 9.68. The van der Waals surface area contributed by atoms with Gasteiger partial charge in [-0.05, 0) is 20.8 Å². The minimum atomic E-state index is -0.540. The molecule has 0 aromatic heterocycles. The normalized spacial score (nSPS) is 10.2. The topological polar surface area (TPSA) is 66.7 Å². The number of nitrogens with zero attached hydrogens (tertiary/aromatic N) is 1. The zero-order chi connectivity index (χ0) is 11.9. The number of hydrogen-bond donors (Lipinski definition) is 0. The first-order valence-corrected chi connectivity index (χ1v) is 4.76. The first kappa shape index (κ1) is 17.6. The van der Waals surface area contributed by atoms with Crippen LogP contribution in [0.4, 0.5) is 0 Å². The molecule has 0 saturated carbocycles. The van der Waals surface area contributed by atoms with Gasteiger partial charge in [-0.3, -0.25) is 9.59 Å². The molecular weight excluding hydrogens is 234 g/mol. The van der Waals surface area contributed by atoms with E-state index < -0.39 is 11.6 Å². The quantitative estimate of drug-likeness (QED) is 0.683. The van der Waals surface area contributed by atoms with Gasteiger partial charge in [0.2, 0.25) is 5.91 Å². The minimum Gasteiger partial charge on any atom is -0.459 e. The largest absolute Gasteiger partial charge is 0.459 e. The average Bonchev–Trinajstić information content (AvgIpc) is 2.08. The van der Waals surface area contributed by atoms with Crippen molar-refractivity contribution in [1.82, 2.24) is 5.32 Å². The van der Waals surface area contributed by atoms with Gasteiger partial charge >= 0.3 is 5.97 Å². The SMILES string of the molecule is COCCC(=O)[N]CC(=O)OC(C)(C)C.Cl. The molecule has 0 spiro atoms. The number of carbonyl (C=O) groups is 2. The summed E-state index contributed by atoms with van der Waals surface area (Å²) in [7, 11) is 1.50. The zero-order valence-electron chi connectivity index (χ0n) is 10.1. The van der Waals surface area contributed by atoms with Crippen LogP contribution in [0.15, 0.2) is 0 Å². The van der Waals surface area contributed by atoms with Crippen molar-refractivity contribution in [2.24, 2.45) is 0 Å². The molecule has 0 aliphatic carbocycles. The Labute approximate surface area is 102 Å². The van der Waals surface area contributed by atoms with E-state index in [4.69, 9.17) is 9.47 Å². The minimum absolute atomic E-state index is 0. The van der Waals surface area contributed by atoms with Crippen LogP contribution in [0.1, 0.15) is 27.2 Å². The van der Waals surface area contributed by atoms with E-state index in [1.165, 1.54) is 7.11 Å². The Morgan fingerprint density at radius 2 is 1.81 bits per heavy atom. The predicted octanol–water partition coefficient (Wildman–Crippen LogP) is 0.917. The Hall–Kier alpha value is -0.810. The molecule has 0 N–H and O–H groups in total. The van der Waals surface area contributed by atoms with Crippen LogP contribution in [0.25, 0.3) is 0 Å². The van der Waals surface area contributed by atoms with E-state index in [1.54, 1.807) is 20.8 Å². The summed E-state index contributed by atoms with van der Waals surface area (Å²) in [5.41, 5.74) is -0.540. The number of methoxy groups -OCH3 is 1. The van der Waals surface area contributed by atoms with Crippen molar-refractivity contribution >= 4 is 24.3 Å². The summed E-state index contributed by atoms with van der Waals surface area (Å²) in [5, 5.41) is 3.55. The molecule has 95 valence electrons. The molecule has 0 aromatic carbocycles. The fourth-order valence-corrected chi connectivity index (χ4v) is 0.795. The molecule has 0 aliphatic rings. The number of ether oxygens (including phenoxy) is 2. The molecule has 0 atom stereocenters. The lowest BCUT2D eigenvalue weighted by molar-refractivity contribution is -0.154. The molecule has 0 saturated heterocycles. The van der Waals surface area contributed by atoms with Crippen LogP contribution in [-0.2, 0) is 19.1 Å². The van der Waals surface area contributed by atoms with E-state index in [-0.39, 0.29) is 31.3 Å². The van der Waals surface area contributed by atoms with Crippen LogP contribution in [0.5, 0.6) is 0 Å². The number of hydrogen-bond acceptors (Lipinski definition) is 4. The number of halogens is 1. The Morgan fingerprint density at radius 3 is 2.25 bits per heavy atom. The standard InChI is InChI=1S/C10H18NO4.ClH/c1-10(2,3)15-9(13)7-11-8(12)5-6-14-4;/h5-7H2,1-4H3;1H. The third-order valence-electron chi connectivity index (χ3n) is 1.32. The maximum absolute atomic E-state index is 11.1. The van der Waals surface area contributed by atoms with Crippen LogP contribution in [0.2, 0.25) is 0 Å². The summed E-state index contributed by atoms with van der Waals surface area (Å²) in [6.45, 7) is 5.38. The van der Waals surface area contributed by atoms with Crippen LogP contribution >= 0.6 is 12.4 Å². The Bertz CT molecular complexity index is 225. The second kappa shape index (κ2) is 8.35. The highest BCUT2D eigenvalue weighted by molar-refractivity contribution is 5.85. The van der Waals surface area contributed by atoms with Gasteiger partial charge in [0, 0.05) is 7.11 Å². The molecule has 0 heterocycles. The van der Waals surface area contributed by atoms with Gasteiger partial charge in [0.15, 0.2) is 0 Å². The lowest BCUT2D eigenvalue weighted by Gasteiger charge is -2.19. The number of rotatable bonds is 5. The second-order valence-electron chi connectivity index (χ2n) is 4.04. The Morgan fingerprint density at radius 1 is 1.25 bits per heavy atom. The van der Waals surface area contributed by atoms with Gasteiger partial charge in [-0.1, -0.05) is 0 Å². The van der Waals surface area contributed by atoms with Crippen LogP contribution in [0.3, 0.4) is 0 Å². The third kappa shape index (κ3) is 11.3. The van der Waals surface area contributed by atoms with E-state index in [0.717, 1.165) is 0 Å². The molecule has 1 radical (unpaired) electrons. The van der Waals surface area contributed by atoms with Gasteiger partial charge in [-0.25, -0.2) is 5.32 Å². The van der Waals surface area contributed by atoms with Gasteiger partial charge in [-0.2, -0.15) is 0 Å². The second-order valence-corrected chi connectivity index (χ2v) is 4.04. The van der Waals surface area contributed by atoms with E-state index in [0.29, 0.717) is 6.61 Å². The fraction of sp³-hybridized carbons (Fsp3) is 0.800.